The molecule has 0 radical (unpaired) electrons. The molecule has 0 heterocycles. The molecule has 0 N–H and O–H groups in total. The van der Waals surface area contributed by atoms with Crippen molar-refractivity contribution in [2.75, 3.05) is 0 Å². The highest BCUT2D eigenvalue weighted by atomic mass is 32.2. The van der Waals surface area contributed by atoms with Crippen LogP contribution >= 0.6 is 0 Å². The maximum Gasteiger partial charge on any atom is 0.346 e. The normalized spacial score (nSPS) is 10.9. The number of rotatable bonds is 6. The molecule has 7 nitrogen and oxygen atoms in total. The predicted molar refractivity (Wildman–Crippen MR) is 93.9 cm³/mol. The molecule has 132 valence electrons. The van der Waals surface area contributed by atoms with Crippen molar-refractivity contribution in [2.24, 2.45) is 0 Å². The van der Waals surface area contributed by atoms with Crippen molar-refractivity contribution in [1.29, 1.82) is 0 Å². The van der Waals surface area contributed by atoms with Crippen LogP contribution in [0.3, 0.4) is 0 Å². The van der Waals surface area contributed by atoms with Gasteiger partial charge in [-0.05, 0) is 42.5 Å². The van der Waals surface area contributed by atoms with Gasteiger partial charge in [0.15, 0.2) is 4.90 Å². The predicted octanol–water partition coefficient (Wildman–Crippen LogP) is 4.15. The molecule has 26 heavy (non-hydrogen) atoms. The topological polar surface area (TPSA) is 95.7 Å². The van der Waals surface area contributed by atoms with Crippen molar-refractivity contribution in [2.45, 2.75) is 4.90 Å². The van der Waals surface area contributed by atoms with Crippen molar-refractivity contribution in [3.63, 3.8) is 0 Å². The number of hydrogen-bond acceptors (Lipinski definition) is 6. The lowest BCUT2D eigenvalue weighted by molar-refractivity contribution is -0.387. The number of nitro groups is 1. The maximum absolute atomic E-state index is 12.3. The Kier molecular flexibility index (Phi) is 4.85. The Morgan fingerprint density at radius 2 is 1.27 bits per heavy atom. The van der Waals surface area contributed by atoms with E-state index in [4.69, 9.17) is 8.92 Å². The van der Waals surface area contributed by atoms with Gasteiger partial charge in [0.25, 0.3) is 5.69 Å². The third-order valence-electron chi connectivity index (χ3n) is 3.34. The van der Waals surface area contributed by atoms with Crippen molar-refractivity contribution >= 4 is 15.8 Å². The lowest BCUT2D eigenvalue weighted by Crippen LogP contribution is -2.11. The van der Waals surface area contributed by atoms with Gasteiger partial charge in [0, 0.05) is 6.07 Å². The standard InChI is InChI=1S/C18H13NO6S/c20-19(21)17-8-4-5-9-18(17)26(22,23)25-16-12-10-15(11-13-16)24-14-6-2-1-3-7-14/h1-13H. The lowest BCUT2D eigenvalue weighted by atomic mass is 10.3. The number of ether oxygens (including phenoxy) is 1. The maximum atomic E-state index is 12.3. The Morgan fingerprint density at radius 3 is 1.92 bits per heavy atom. The first-order valence-electron chi connectivity index (χ1n) is 7.46. The number of hydrogen-bond donors (Lipinski definition) is 0. The van der Waals surface area contributed by atoms with Crippen LogP contribution in [0.15, 0.2) is 83.8 Å². The minimum absolute atomic E-state index is 0.0172. The van der Waals surface area contributed by atoms with Gasteiger partial charge < -0.3 is 8.92 Å². The van der Waals surface area contributed by atoms with Crippen molar-refractivity contribution < 1.29 is 22.3 Å². The van der Waals surface area contributed by atoms with E-state index in [1.807, 2.05) is 18.2 Å². The van der Waals surface area contributed by atoms with E-state index >= 15 is 0 Å². The summed E-state index contributed by atoms with van der Waals surface area (Å²) in [5.74, 6) is 1.14. The highest BCUT2D eigenvalue weighted by Gasteiger charge is 2.27. The van der Waals surface area contributed by atoms with E-state index in [0.717, 1.165) is 12.1 Å². The fraction of sp³-hybridized carbons (Fsp3) is 0. The van der Waals surface area contributed by atoms with Gasteiger partial charge in [0.1, 0.15) is 17.2 Å². The molecular weight excluding hydrogens is 358 g/mol. The van der Waals surface area contributed by atoms with Gasteiger partial charge in [-0.2, -0.15) is 8.42 Å². The Balaban J connectivity index is 1.79. The summed E-state index contributed by atoms with van der Waals surface area (Å²) in [6.45, 7) is 0. The van der Waals surface area contributed by atoms with Crippen LogP contribution in [0, 0.1) is 10.1 Å². The third-order valence-corrected chi connectivity index (χ3v) is 4.64. The molecule has 3 aromatic carbocycles. The molecule has 8 heteroatoms. The molecule has 0 amide bonds. The first-order valence-corrected chi connectivity index (χ1v) is 8.87. The second-order valence-corrected chi connectivity index (χ2v) is 6.66. The molecule has 0 bridgehead atoms. The summed E-state index contributed by atoms with van der Waals surface area (Å²) in [4.78, 5) is 9.73. The highest BCUT2D eigenvalue weighted by molar-refractivity contribution is 7.87. The molecule has 0 aliphatic carbocycles. The van der Waals surface area contributed by atoms with E-state index in [2.05, 4.69) is 0 Å². The van der Waals surface area contributed by atoms with E-state index in [1.54, 1.807) is 12.1 Å². The van der Waals surface area contributed by atoms with Gasteiger partial charge in [-0.15, -0.1) is 0 Å². The zero-order valence-electron chi connectivity index (χ0n) is 13.3. The first-order chi connectivity index (χ1) is 12.5. The van der Waals surface area contributed by atoms with Crippen LogP contribution in [-0.4, -0.2) is 13.3 Å². The first kappa shape index (κ1) is 17.4. The van der Waals surface area contributed by atoms with Crippen LogP contribution < -0.4 is 8.92 Å². The molecular formula is C18H13NO6S. The number of nitrogens with zero attached hydrogens (tertiary/aromatic N) is 1. The van der Waals surface area contributed by atoms with E-state index < -0.39 is 25.6 Å². The van der Waals surface area contributed by atoms with Crippen LogP contribution in [0.2, 0.25) is 0 Å². The fourth-order valence-electron chi connectivity index (χ4n) is 2.18. The summed E-state index contributed by atoms with van der Waals surface area (Å²) in [6, 6.07) is 20.0. The van der Waals surface area contributed by atoms with E-state index in [1.165, 1.54) is 36.4 Å². The van der Waals surface area contributed by atoms with Crippen molar-refractivity contribution in [3.05, 3.63) is 89.0 Å². The monoisotopic (exact) mass is 371 g/mol. The van der Waals surface area contributed by atoms with Gasteiger partial charge >= 0.3 is 10.1 Å². The second-order valence-electron chi connectivity index (χ2n) is 5.15. The summed E-state index contributed by atoms with van der Waals surface area (Å²) in [5, 5.41) is 11.0. The molecule has 0 saturated heterocycles. The molecule has 0 spiro atoms. The van der Waals surface area contributed by atoms with Crippen molar-refractivity contribution in [1.82, 2.24) is 0 Å². The fourth-order valence-corrected chi connectivity index (χ4v) is 3.28. The zero-order valence-corrected chi connectivity index (χ0v) is 14.1. The molecule has 0 fully saturated rings. The van der Waals surface area contributed by atoms with Gasteiger partial charge in [0.2, 0.25) is 0 Å². The van der Waals surface area contributed by atoms with Crippen molar-refractivity contribution in [3.8, 4) is 17.2 Å². The second kappa shape index (κ2) is 7.24. The Labute approximate surface area is 149 Å². The molecule has 0 unspecified atom stereocenters. The molecule has 3 rings (SSSR count). The smallest absolute Gasteiger partial charge is 0.346 e. The molecule has 0 aromatic heterocycles. The molecule has 0 aliphatic heterocycles. The lowest BCUT2D eigenvalue weighted by Gasteiger charge is -2.09. The summed E-state index contributed by atoms with van der Waals surface area (Å²) < 4.78 is 35.3. The van der Waals surface area contributed by atoms with Crippen LogP contribution in [0.25, 0.3) is 0 Å². The van der Waals surface area contributed by atoms with Crippen LogP contribution in [-0.2, 0) is 10.1 Å². The summed E-state index contributed by atoms with van der Waals surface area (Å²) >= 11 is 0. The molecule has 3 aromatic rings. The molecule has 0 atom stereocenters. The average molecular weight is 371 g/mol. The summed E-state index contributed by atoms with van der Waals surface area (Å²) in [6.07, 6.45) is 0. The van der Waals surface area contributed by atoms with Crippen LogP contribution in [0.5, 0.6) is 17.2 Å². The third kappa shape index (κ3) is 3.98. The molecule has 0 aliphatic rings. The summed E-state index contributed by atoms with van der Waals surface area (Å²) in [5.41, 5.74) is -0.545. The molecule has 0 saturated carbocycles. The van der Waals surface area contributed by atoms with E-state index in [9.17, 15) is 18.5 Å². The quantitative estimate of drug-likeness (QED) is 0.367. The van der Waals surface area contributed by atoms with Gasteiger partial charge in [-0.3, -0.25) is 10.1 Å². The SMILES string of the molecule is O=[N+]([O-])c1ccccc1S(=O)(=O)Oc1ccc(Oc2ccccc2)cc1. The van der Waals surface area contributed by atoms with E-state index in [0.29, 0.717) is 11.5 Å². The zero-order chi connectivity index (χ0) is 18.6. The minimum atomic E-state index is -4.34. The van der Waals surface area contributed by atoms with Crippen LogP contribution in [0.4, 0.5) is 5.69 Å². The van der Waals surface area contributed by atoms with Gasteiger partial charge in [-0.1, -0.05) is 30.3 Å². The number of para-hydroxylation sites is 2. The largest absolute Gasteiger partial charge is 0.457 e. The van der Waals surface area contributed by atoms with Gasteiger partial charge in [0.05, 0.1) is 4.92 Å². The Morgan fingerprint density at radius 1 is 0.731 bits per heavy atom. The highest BCUT2D eigenvalue weighted by Crippen LogP contribution is 2.28. The number of benzene rings is 3. The van der Waals surface area contributed by atoms with Gasteiger partial charge in [-0.25, -0.2) is 0 Å². The number of nitro benzene ring substituents is 1. The average Bonchev–Trinajstić information content (AvgIpc) is 2.64. The van der Waals surface area contributed by atoms with E-state index in [-0.39, 0.29) is 5.75 Å². The summed E-state index contributed by atoms with van der Waals surface area (Å²) in [7, 11) is -4.34. The minimum Gasteiger partial charge on any atom is -0.457 e. The Hall–Kier alpha value is -3.39. The Bertz CT molecular complexity index is 1020. The van der Waals surface area contributed by atoms with Crippen LogP contribution in [0.1, 0.15) is 0 Å².